The van der Waals surface area contributed by atoms with Crippen LogP contribution in [0.5, 0.6) is 0 Å². The van der Waals surface area contributed by atoms with Gasteiger partial charge in [0.1, 0.15) is 0 Å². The Morgan fingerprint density at radius 2 is 0.939 bits per heavy atom. The summed E-state index contributed by atoms with van der Waals surface area (Å²) in [5.74, 6) is -1.18. The Bertz CT molecular complexity index is 252. The minimum absolute atomic E-state index is 0. The number of halogens is 3. The molecule has 0 aliphatic rings. The van der Waals surface area contributed by atoms with Crippen LogP contribution in [0.2, 0.25) is 0 Å². The van der Waals surface area contributed by atoms with Gasteiger partial charge in [0.15, 0.2) is 0 Å². The molecule has 15 heteroatoms. The number of carboxylic acid groups (broad SMARTS) is 1. The van der Waals surface area contributed by atoms with Gasteiger partial charge in [-0.15, -0.1) is 0 Å². The predicted molar refractivity (Wildman–Crippen MR) is 114 cm³/mol. The second-order valence-electron chi connectivity index (χ2n) is 5.93. The lowest BCUT2D eigenvalue weighted by Crippen LogP contribution is -3.00. The largest absolute Gasteiger partial charge is 1.00 e. The van der Waals surface area contributed by atoms with Gasteiger partial charge in [-0.2, -0.15) is 0 Å². The number of aliphatic carboxylic acids is 1. The average molecular weight is 556 g/mol. The lowest BCUT2D eigenvalue weighted by molar-refractivity contribution is -0.369. The monoisotopic (exact) mass is 554 g/mol. The minimum atomic E-state index is -1.18. The molecule has 0 radical (unpaired) electrons. The number of carbonyl (C=O) groups excluding carboxylic acids is 1. The highest BCUT2D eigenvalue weighted by atomic mass is 35.5. The second-order valence-corrected chi connectivity index (χ2v) is 5.93. The Kier molecular flexibility index (Phi) is 104. The van der Waals surface area contributed by atoms with E-state index in [4.69, 9.17) is 31.9 Å². The summed E-state index contributed by atoms with van der Waals surface area (Å²) in [5, 5.41) is 42.1. The normalized spacial score (nSPS) is 9.03. The summed E-state index contributed by atoms with van der Waals surface area (Å²) in [6.45, 7) is 5.08. The highest BCUT2D eigenvalue weighted by Gasteiger charge is 2.00. The van der Waals surface area contributed by atoms with Crippen molar-refractivity contribution >= 4 is 5.97 Å². The minimum Gasteiger partial charge on any atom is -1.00 e. The molecule has 0 aromatic carbocycles. The maximum Gasteiger partial charge on any atom is 0.0762 e. The number of aliphatic hydroxyl groups excluding tert-OH is 4. The number of unbranched alkanes of at least 4 members (excludes halogenated alkanes) is 1. The third-order valence-corrected chi connectivity index (χ3v) is 2.90. The summed E-state index contributed by atoms with van der Waals surface area (Å²) in [5.41, 5.74) is 24.4. The average Bonchev–Trinajstić information content (AvgIpc) is 2.72. The van der Waals surface area contributed by atoms with Crippen LogP contribution >= 0.6 is 0 Å². The lowest BCUT2D eigenvalue weighted by atomic mass is 10.1. The molecule has 212 valence electrons. The standard InChI is InChI=1S/C6H14N2O2.4C3H9NO.3ClH/c7-4-2-1-3-5(8)6(9)10;4*4-2-1-3-5;;;/h5H,1-4,7-8H2,(H,9,10);4*5H,1-4H2;3*1H/t5-;;;;;;;/m0......./s1. The molecular weight excluding hydrogens is 503 g/mol. The van der Waals surface area contributed by atoms with Crippen molar-refractivity contribution in [2.75, 3.05) is 59.2 Å². The Morgan fingerprint density at radius 3 is 1.06 bits per heavy atom. The van der Waals surface area contributed by atoms with Crippen molar-refractivity contribution in [1.29, 1.82) is 0 Å². The number of quaternary nitrogens is 4. The van der Waals surface area contributed by atoms with Crippen LogP contribution in [-0.4, -0.2) is 91.6 Å². The number of carbonyl (C=O) groups is 1. The second kappa shape index (κ2) is 63.5. The number of hydrogen-bond acceptors (Lipinski definition) is 8. The Balaban J connectivity index is -0.0000000401. The zero-order chi connectivity index (χ0) is 24.5. The molecular formula is C18H53Cl3N6O6. The fourth-order valence-electron chi connectivity index (χ4n) is 1.07. The maximum atomic E-state index is 10.0. The fourth-order valence-corrected chi connectivity index (χ4v) is 1.07. The van der Waals surface area contributed by atoms with E-state index in [9.17, 15) is 9.90 Å². The molecule has 0 aliphatic heterocycles. The van der Waals surface area contributed by atoms with Gasteiger partial charge in [0.05, 0.1) is 32.1 Å². The first kappa shape index (κ1) is 54.0. The molecule has 0 bridgehead atoms. The van der Waals surface area contributed by atoms with E-state index in [0.29, 0.717) is 13.0 Å². The first-order valence-electron chi connectivity index (χ1n) is 10.6. The van der Waals surface area contributed by atoms with E-state index >= 15 is 0 Å². The van der Waals surface area contributed by atoms with Gasteiger partial charge in [0.2, 0.25) is 0 Å². The molecule has 0 rings (SSSR count). The predicted octanol–water partition coefficient (Wildman–Crippen LogP) is -16.4. The third-order valence-electron chi connectivity index (χ3n) is 2.90. The molecule has 0 saturated carbocycles. The Hall–Kier alpha value is -0.0600. The molecule has 0 heterocycles. The highest BCUT2D eigenvalue weighted by Crippen LogP contribution is 1.95. The number of aliphatic hydroxyl groups is 4. The molecule has 0 amide bonds. The molecule has 0 aliphatic carbocycles. The summed E-state index contributed by atoms with van der Waals surface area (Å²) >= 11 is 0. The van der Waals surface area contributed by atoms with Crippen molar-refractivity contribution < 1.29 is 90.5 Å². The van der Waals surface area contributed by atoms with Gasteiger partial charge in [-0.3, -0.25) is 0 Å². The Morgan fingerprint density at radius 1 is 0.667 bits per heavy atom. The summed E-state index contributed by atoms with van der Waals surface area (Å²) in [7, 11) is 0. The van der Waals surface area contributed by atoms with Crippen LogP contribution in [0.4, 0.5) is 0 Å². The van der Waals surface area contributed by atoms with Crippen LogP contribution < -0.4 is 76.7 Å². The molecule has 0 aromatic rings. The van der Waals surface area contributed by atoms with Gasteiger partial charge in [-0.05, 0) is 19.4 Å². The summed E-state index contributed by atoms with van der Waals surface area (Å²) in [6, 6.07) is -0.827. The highest BCUT2D eigenvalue weighted by molar-refractivity contribution is 5.70. The van der Waals surface area contributed by atoms with Gasteiger partial charge in [-0.1, -0.05) is 6.42 Å². The van der Waals surface area contributed by atoms with Crippen molar-refractivity contribution in [2.24, 2.45) is 11.5 Å². The van der Waals surface area contributed by atoms with Crippen LogP contribution in [0.3, 0.4) is 0 Å². The van der Waals surface area contributed by atoms with Gasteiger partial charge in [0, 0.05) is 58.2 Å². The van der Waals surface area contributed by atoms with Gasteiger partial charge in [-0.25, -0.2) is 0 Å². The molecule has 20 N–H and O–H groups in total. The van der Waals surface area contributed by atoms with E-state index in [-0.39, 0.29) is 63.6 Å². The molecule has 0 saturated heterocycles. The quantitative estimate of drug-likeness (QED) is 0.0970. The van der Waals surface area contributed by atoms with Crippen LogP contribution in [-0.2, 0) is 4.79 Å². The first-order valence-corrected chi connectivity index (χ1v) is 10.6. The van der Waals surface area contributed by atoms with Gasteiger partial charge < -0.3 is 102 Å². The fraction of sp³-hybridized carbons (Fsp3) is 0.944. The van der Waals surface area contributed by atoms with Gasteiger partial charge in [0.25, 0.3) is 0 Å². The molecule has 1 atom stereocenters. The summed E-state index contributed by atoms with van der Waals surface area (Å²) in [4.78, 5) is 10.0. The molecule has 33 heavy (non-hydrogen) atoms. The van der Waals surface area contributed by atoms with E-state index in [1.54, 1.807) is 0 Å². The van der Waals surface area contributed by atoms with E-state index < -0.39 is 12.0 Å². The number of carboxylic acids is 1. The lowest BCUT2D eigenvalue weighted by Gasteiger charge is -2.10. The molecule has 12 nitrogen and oxygen atoms in total. The SMILES string of the molecule is NCCCC[C@H](N)C(=O)[O-].[Cl-].[Cl-].[Cl-].[NH3+]CCCO.[NH3+]CCCO.[NH3+]CCCO.[NH3+]CCCO. The van der Waals surface area contributed by atoms with Crippen molar-refractivity contribution in [1.82, 2.24) is 0 Å². The maximum absolute atomic E-state index is 10.0. The molecule has 0 fully saturated rings. The van der Waals surface area contributed by atoms with Crippen molar-refractivity contribution in [3.05, 3.63) is 0 Å². The number of nitrogens with two attached hydrogens (primary N) is 2. The Labute approximate surface area is 218 Å². The first-order chi connectivity index (χ1) is 14.3. The van der Waals surface area contributed by atoms with Crippen molar-refractivity contribution in [3.63, 3.8) is 0 Å². The summed E-state index contributed by atoms with van der Waals surface area (Å²) in [6.07, 6.45) is 5.37. The van der Waals surface area contributed by atoms with Crippen LogP contribution in [0.1, 0.15) is 44.9 Å². The van der Waals surface area contributed by atoms with Crippen LogP contribution in [0, 0.1) is 0 Å². The molecule has 0 spiro atoms. The zero-order valence-electron chi connectivity index (χ0n) is 20.1. The van der Waals surface area contributed by atoms with E-state index in [1.807, 2.05) is 0 Å². The van der Waals surface area contributed by atoms with E-state index in [2.05, 4.69) is 22.9 Å². The van der Waals surface area contributed by atoms with Crippen LogP contribution in [0.25, 0.3) is 0 Å². The molecule has 0 unspecified atom stereocenters. The topological polar surface area (TPSA) is 284 Å². The number of rotatable bonds is 13. The van der Waals surface area contributed by atoms with Crippen molar-refractivity contribution in [2.45, 2.75) is 51.0 Å². The number of hydrogen-bond donors (Lipinski definition) is 10. The van der Waals surface area contributed by atoms with Crippen LogP contribution in [0.15, 0.2) is 0 Å². The van der Waals surface area contributed by atoms with E-state index in [1.165, 1.54) is 0 Å². The summed E-state index contributed by atoms with van der Waals surface area (Å²) < 4.78 is 0. The van der Waals surface area contributed by atoms with Gasteiger partial charge >= 0.3 is 0 Å². The van der Waals surface area contributed by atoms with Crippen molar-refractivity contribution in [3.8, 4) is 0 Å². The third kappa shape index (κ3) is 99.8. The van der Waals surface area contributed by atoms with E-state index in [0.717, 1.165) is 64.7 Å². The smallest absolute Gasteiger partial charge is 0.0762 e. The molecule has 0 aromatic heterocycles. The zero-order valence-corrected chi connectivity index (χ0v) is 22.4.